The van der Waals surface area contributed by atoms with Crippen molar-refractivity contribution in [3.05, 3.63) is 47.1 Å². The summed E-state index contributed by atoms with van der Waals surface area (Å²) in [5.74, 6) is -1.99. The third-order valence-electron chi connectivity index (χ3n) is 10.2. The summed E-state index contributed by atoms with van der Waals surface area (Å²) >= 11 is 0. The zero-order chi connectivity index (χ0) is 31.6. The Labute approximate surface area is 262 Å². The van der Waals surface area contributed by atoms with E-state index in [-0.39, 0.29) is 37.1 Å². The summed E-state index contributed by atoms with van der Waals surface area (Å²) in [6.07, 6.45) is 13.8. The Kier molecular flexibility index (Phi) is 10.2. The minimum absolute atomic E-state index is 0.0858. The van der Waals surface area contributed by atoms with Crippen LogP contribution in [0.25, 0.3) is 0 Å². The summed E-state index contributed by atoms with van der Waals surface area (Å²) in [7, 11) is 0. The zero-order valence-electron chi connectivity index (χ0n) is 27.4. The van der Waals surface area contributed by atoms with Gasteiger partial charge in [-0.1, -0.05) is 63.6 Å². The highest BCUT2D eigenvalue weighted by molar-refractivity contribution is 5.79. The highest BCUT2D eigenvalue weighted by Gasteiger charge is 2.61. The van der Waals surface area contributed by atoms with Crippen LogP contribution in [0.3, 0.4) is 0 Å². The molecule has 8 nitrogen and oxygen atoms in total. The number of carbonyl (C=O) groups excluding carboxylic acids is 2. The van der Waals surface area contributed by atoms with Crippen molar-refractivity contribution in [1.29, 1.82) is 0 Å². The molecule has 0 aromatic rings. The molecule has 4 heterocycles. The highest BCUT2D eigenvalue weighted by atomic mass is 16.7. The molecule has 244 valence electrons. The van der Waals surface area contributed by atoms with Gasteiger partial charge < -0.3 is 28.8 Å². The number of ether oxygens (including phenoxy) is 5. The molecular weight excluding hydrogens is 560 g/mol. The molecule has 0 unspecified atom stereocenters. The quantitative estimate of drug-likeness (QED) is 0.293. The number of fused-ring (bicyclic) bond motifs is 2. The third-order valence-corrected chi connectivity index (χ3v) is 10.2. The van der Waals surface area contributed by atoms with Gasteiger partial charge in [-0.3, -0.25) is 9.59 Å². The predicted molar refractivity (Wildman–Crippen MR) is 166 cm³/mol. The first kappa shape index (κ1) is 33.1. The van der Waals surface area contributed by atoms with Crippen LogP contribution in [-0.4, -0.2) is 65.6 Å². The van der Waals surface area contributed by atoms with Gasteiger partial charge in [-0.2, -0.15) is 0 Å². The second kappa shape index (κ2) is 13.6. The van der Waals surface area contributed by atoms with Gasteiger partial charge in [0.15, 0.2) is 11.9 Å². The molecule has 4 aliphatic heterocycles. The van der Waals surface area contributed by atoms with E-state index in [0.717, 1.165) is 25.7 Å². The molecule has 3 saturated heterocycles. The van der Waals surface area contributed by atoms with E-state index in [4.69, 9.17) is 23.7 Å². The van der Waals surface area contributed by atoms with E-state index in [2.05, 4.69) is 39.8 Å². The van der Waals surface area contributed by atoms with Crippen LogP contribution in [0.15, 0.2) is 47.1 Å². The van der Waals surface area contributed by atoms with Crippen LogP contribution in [0, 0.1) is 17.8 Å². The Morgan fingerprint density at radius 1 is 1.16 bits per heavy atom. The molecule has 1 aliphatic carbocycles. The molecule has 0 aromatic carbocycles. The van der Waals surface area contributed by atoms with E-state index in [0.29, 0.717) is 42.7 Å². The van der Waals surface area contributed by atoms with Crippen LogP contribution in [0.2, 0.25) is 0 Å². The van der Waals surface area contributed by atoms with Gasteiger partial charge in [-0.05, 0) is 68.9 Å². The Morgan fingerprint density at radius 3 is 2.70 bits per heavy atom. The van der Waals surface area contributed by atoms with E-state index in [1.54, 1.807) is 6.08 Å². The third kappa shape index (κ3) is 6.79. The van der Waals surface area contributed by atoms with Gasteiger partial charge >= 0.3 is 11.9 Å². The molecule has 0 amide bonds. The Hall–Kier alpha value is -2.26. The molecule has 3 fully saturated rings. The second-order valence-corrected chi connectivity index (χ2v) is 13.9. The van der Waals surface area contributed by atoms with Crippen LogP contribution in [0.5, 0.6) is 0 Å². The summed E-state index contributed by atoms with van der Waals surface area (Å²) in [6.45, 7) is 12.5. The van der Waals surface area contributed by atoms with Crippen molar-refractivity contribution in [2.75, 3.05) is 6.61 Å². The molecule has 1 spiro atoms. The molecule has 10 atom stereocenters. The molecule has 1 N–H and O–H groups in total. The van der Waals surface area contributed by atoms with Crippen molar-refractivity contribution in [3.63, 3.8) is 0 Å². The molecule has 8 heteroatoms. The number of rotatable bonds is 4. The number of hydrogen-bond acceptors (Lipinski definition) is 8. The molecule has 0 saturated carbocycles. The van der Waals surface area contributed by atoms with E-state index in [9.17, 15) is 14.7 Å². The number of hydrogen-bond donors (Lipinski definition) is 1. The number of allylic oxidation sites excluding steroid dienone is 4. The fraction of sp³-hybridized carbons (Fsp3) is 0.722. The van der Waals surface area contributed by atoms with Gasteiger partial charge in [0.1, 0.15) is 23.7 Å². The maximum atomic E-state index is 14.2. The Balaban J connectivity index is 1.51. The fourth-order valence-corrected chi connectivity index (χ4v) is 7.77. The van der Waals surface area contributed by atoms with Gasteiger partial charge in [0.2, 0.25) is 0 Å². The second-order valence-electron chi connectivity index (χ2n) is 13.9. The summed E-state index contributed by atoms with van der Waals surface area (Å²) in [6, 6.07) is 0. The molecule has 5 aliphatic rings. The van der Waals surface area contributed by atoms with E-state index in [1.807, 2.05) is 26.0 Å². The molecular formula is C36H52O8. The monoisotopic (exact) mass is 612 g/mol. The van der Waals surface area contributed by atoms with Gasteiger partial charge in [-0.15, -0.1) is 0 Å². The topological polar surface area (TPSA) is 101 Å². The molecule has 5 rings (SSSR count). The van der Waals surface area contributed by atoms with Crippen LogP contribution >= 0.6 is 0 Å². The maximum absolute atomic E-state index is 14.2. The highest BCUT2D eigenvalue weighted by Crippen LogP contribution is 2.48. The van der Waals surface area contributed by atoms with Crippen LogP contribution in [0.1, 0.15) is 99.3 Å². The summed E-state index contributed by atoms with van der Waals surface area (Å²) in [5.41, 5.74) is 0.795. The molecule has 2 bridgehead atoms. The van der Waals surface area contributed by atoms with Crippen molar-refractivity contribution in [3.8, 4) is 0 Å². The summed E-state index contributed by atoms with van der Waals surface area (Å²) in [5, 5.41) is 12.5. The fourth-order valence-electron chi connectivity index (χ4n) is 7.77. The first-order valence-corrected chi connectivity index (χ1v) is 16.8. The smallest absolute Gasteiger partial charge is 0.316 e. The van der Waals surface area contributed by atoms with Crippen molar-refractivity contribution >= 4 is 11.9 Å². The van der Waals surface area contributed by atoms with E-state index in [1.165, 1.54) is 5.57 Å². The number of aliphatic hydroxyl groups is 1. The lowest BCUT2D eigenvalue weighted by Crippen LogP contribution is -2.59. The van der Waals surface area contributed by atoms with E-state index >= 15 is 0 Å². The SMILES string of the molecule is CCCC(=O)O[C@@H]1C(C)=C[C@H]2C(=O)O[C@H]3C[C@@H](C/C=C(\C)C[C@@H](C)/C=C/C=C4\CO[C@H]1[C@@]42O)O[C@@]1(CC[C@H](C)[C@@H](CC)O1)C3. The van der Waals surface area contributed by atoms with Crippen LogP contribution < -0.4 is 0 Å². The number of carbonyl (C=O) groups is 2. The Bertz CT molecular complexity index is 1200. The van der Waals surface area contributed by atoms with Crippen molar-refractivity contribution in [1.82, 2.24) is 0 Å². The van der Waals surface area contributed by atoms with Gasteiger partial charge in [0, 0.05) is 25.7 Å². The molecule has 0 aromatic heterocycles. The minimum Gasteiger partial charge on any atom is -0.462 e. The lowest BCUT2D eigenvalue weighted by Gasteiger charge is -2.50. The number of esters is 2. The van der Waals surface area contributed by atoms with Crippen LogP contribution in [0.4, 0.5) is 0 Å². The molecule has 44 heavy (non-hydrogen) atoms. The van der Waals surface area contributed by atoms with Gasteiger partial charge in [0.25, 0.3) is 0 Å². The normalized spacial score (nSPS) is 44.3. The first-order chi connectivity index (χ1) is 21.0. The van der Waals surface area contributed by atoms with Crippen LogP contribution in [-0.2, 0) is 33.3 Å². The largest absolute Gasteiger partial charge is 0.462 e. The lowest BCUT2D eigenvalue weighted by atomic mass is 9.70. The van der Waals surface area contributed by atoms with Crippen molar-refractivity contribution in [2.24, 2.45) is 17.8 Å². The maximum Gasteiger partial charge on any atom is 0.316 e. The van der Waals surface area contributed by atoms with Crippen molar-refractivity contribution < 1.29 is 38.4 Å². The Morgan fingerprint density at radius 2 is 1.95 bits per heavy atom. The lowest BCUT2D eigenvalue weighted by molar-refractivity contribution is -0.335. The summed E-state index contributed by atoms with van der Waals surface area (Å²) in [4.78, 5) is 26.7. The molecule has 0 radical (unpaired) electrons. The van der Waals surface area contributed by atoms with Gasteiger partial charge in [-0.25, -0.2) is 0 Å². The average molecular weight is 613 g/mol. The van der Waals surface area contributed by atoms with E-state index < -0.39 is 41.6 Å². The van der Waals surface area contributed by atoms with Crippen molar-refractivity contribution in [2.45, 2.75) is 141 Å². The predicted octanol–water partition coefficient (Wildman–Crippen LogP) is 6.28. The zero-order valence-corrected chi connectivity index (χ0v) is 27.4. The first-order valence-electron chi connectivity index (χ1n) is 16.8. The van der Waals surface area contributed by atoms with Gasteiger partial charge in [0.05, 0.1) is 18.8 Å². The standard InChI is InChI=1S/C36H52O8/c1-7-10-31(37)42-32-25(6)18-29-34(38)41-28-19-27(43-35(20-28)16-15-24(5)30(8-2)44-35)14-13-23(4)17-22(3)11-9-12-26-21-40-33(32)36(26,29)39/h9,11-13,18,22,24,27-30,32-33,39H,7-8,10,14-17,19-21H2,1-6H3/b11-9+,23-13+,26-12+/t22-,24-,27+,28-,29-,30+,32+,33+,35+,36+/m0/s1. The minimum atomic E-state index is -1.72. The summed E-state index contributed by atoms with van der Waals surface area (Å²) < 4.78 is 31.7. The average Bonchev–Trinajstić information content (AvgIpc) is 3.31.